The summed E-state index contributed by atoms with van der Waals surface area (Å²) >= 11 is 0. The zero-order chi connectivity index (χ0) is 31.6. The van der Waals surface area contributed by atoms with Gasteiger partial charge in [-0.05, 0) is 95.4 Å². The average molecular weight is 603 g/mol. The molecular weight excluding hydrogens is 569 g/mol. The first kappa shape index (κ1) is 28.4. The highest BCUT2D eigenvalue weighted by atomic mass is 15.1. The van der Waals surface area contributed by atoms with Crippen molar-refractivity contribution >= 4 is 44.9 Å². The number of hydrogen-bond donors (Lipinski definition) is 0. The van der Waals surface area contributed by atoms with E-state index in [0.29, 0.717) is 0 Å². The standard InChI is InChI=1S/C45H34N2/c1-2-15-33-26-28-42-43-29-27-35(32-45(43)47(44(42)30-33)38-21-10-5-11-22-38)41-25-13-12-24-40(41)34-16-14-23-39(31-34)46(36-17-6-3-7-18-36)37-19-8-4-9-20-37/h2-32H,1H3/b15-2+. The molecule has 47 heavy (non-hydrogen) atoms. The Kier molecular flexibility index (Phi) is 7.45. The van der Waals surface area contributed by atoms with E-state index < -0.39 is 0 Å². The summed E-state index contributed by atoms with van der Waals surface area (Å²) in [6.07, 6.45) is 4.26. The fourth-order valence-electron chi connectivity index (χ4n) is 6.75. The van der Waals surface area contributed by atoms with Crippen LogP contribution in [0.1, 0.15) is 12.5 Å². The number of benzene rings is 7. The number of allylic oxidation sites excluding steroid dienone is 1. The second-order valence-electron chi connectivity index (χ2n) is 11.8. The van der Waals surface area contributed by atoms with Crippen molar-refractivity contribution in [3.05, 3.63) is 188 Å². The first-order chi connectivity index (χ1) is 23.3. The Morgan fingerprint density at radius 2 is 0.979 bits per heavy atom. The predicted molar refractivity (Wildman–Crippen MR) is 201 cm³/mol. The molecule has 7 aromatic carbocycles. The highest BCUT2D eigenvalue weighted by Crippen LogP contribution is 2.40. The Morgan fingerprint density at radius 3 is 1.62 bits per heavy atom. The molecule has 0 spiro atoms. The minimum Gasteiger partial charge on any atom is -0.310 e. The first-order valence-electron chi connectivity index (χ1n) is 16.1. The maximum absolute atomic E-state index is 2.40. The van der Waals surface area contributed by atoms with Crippen LogP contribution in [0.15, 0.2) is 182 Å². The van der Waals surface area contributed by atoms with Crippen LogP contribution in [0.25, 0.3) is 55.8 Å². The molecule has 8 aromatic rings. The SMILES string of the molecule is C/C=C/c1ccc2c3ccc(-c4ccccc4-c4cccc(N(c5ccccc5)c5ccccc5)c4)cc3n(-c3ccccc3)c2c1. The summed E-state index contributed by atoms with van der Waals surface area (Å²) in [6.45, 7) is 2.07. The van der Waals surface area contributed by atoms with E-state index in [4.69, 9.17) is 0 Å². The molecule has 0 aliphatic heterocycles. The van der Waals surface area contributed by atoms with Crippen LogP contribution in [-0.2, 0) is 0 Å². The molecule has 0 amide bonds. The van der Waals surface area contributed by atoms with Crippen molar-refractivity contribution in [1.29, 1.82) is 0 Å². The second kappa shape index (κ2) is 12.3. The Labute approximate surface area is 276 Å². The molecule has 0 N–H and O–H groups in total. The van der Waals surface area contributed by atoms with Gasteiger partial charge in [0.2, 0.25) is 0 Å². The number of hydrogen-bond acceptors (Lipinski definition) is 1. The molecule has 0 aliphatic carbocycles. The van der Waals surface area contributed by atoms with Gasteiger partial charge in [0.1, 0.15) is 0 Å². The Bertz CT molecular complexity index is 2310. The van der Waals surface area contributed by atoms with Crippen molar-refractivity contribution in [1.82, 2.24) is 4.57 Å². The van der Waals surface area contributed by atoms with Crippen LogP contribution < -0.4 is 4.90 Å². The van der Waals surface area contributed by atoms with E-state index in [1.54, 1.807) is 0 Å². The van der Waals surface area contributed by atoms with Crippen LogP contribution >= 0.6 is 0 Å². The van der Waals surface area contributed by atoms with Crippen LogP contribution in [0.4, 0.5) is 17.1 Å². The Hall–Kier alpha value is -6.12. The van der Waals surface area contributed by atoms with Gasteiger partial charge in [0.15, 0.2) is 0 Å². The molecule has 0 radical (unpaired) electrons. The number of para-hydroxylation sites is 3. The van der Waals surface area contributed by atoms with E-state index in [-0.39, 0.29) is 0 Å². The molecular formula is C45H34N2. The summed E-state index contributed by atoms with van der Waals surface area (Å²) in [5.41, 5.74) is 12.9. The van der Waals surface area contributed by atoms with Gasteiger partial charge in [-0.3, -0.25) is 0 Å². The number of anilines is 3. The summed E-state index contributed by atoms with van der Waals surface area (Å²) < 4.78 is 2.40. The molecule has 1 heterocycles. The third kappa shape index (κ3) is 5.30. The average Bonchev–Trinajstić information content (AvgIpc) is 3.46. The Balaban J connectivity index is 1.29. The molecule has 1 aromatic heterocycles. The lowest BCUT2D eigenvalue weighted by molar-refractivity contribution is 1.18. The van der Waals surface area contributed by atoms with Gasteiger partial charge in [-0.25, -0.2) is 0 Å². The highest BCUT2D eigenvalue weighted by molar-refractivity contribution is 6.11. The minimum absolute atomic E-state index is 1.12. The lowest BCUT2D eigenvalue weighted by Gasteiger charge is -2.26. The second-order valence-corrected chi connectivity index (χ2v) is 11.8. The third-order valence-corrected chi connectivity index (χ3v) is 8.85. The molecule has 224 valence electrons. The molecule has 0 atom stereocenters. The van der Waals surface area contributed by atoms with E-state index in [1.165, 1.54) is 49.6 Å². The summed E-state index contributed by atoms with van der Waals surface area (Å²) in [4.78, 5) is 2.32. The van der Waals surface area contributed by atoms with Gasteiger partial charge in [0, 0.05) is 33.5 Å². The number of aromatic nitrogens is 1. The van der Waals surface area contributed by atoms with E-state index in [1.807, 2.05) is 0 Å². The third-order valence-electron chi connectivity index (χ3n) is 8.85. The molecule has 0 fully saturated rings. The van der Waals surface area contributed by atoms with Gasteiger partial charge in [0.25, 0.3) is 0 Å². The minimum atomic E-state index is 1.12. The van der Waals surface area contributed by atoms with Gasteiger partial charge >= 0.3 is 0 Å². The molecule has 0 saturated heterocycles. The zero-order valence-electron chi connectivity index (χ0n) is 26.3. The highest BCUT2D eigenvalue weighted by Gasteiger charge is 2.17. The zero-order valence-corrected chi connectivity index (χ0v) is 26.3. The normalized spacial score (nSPS) is 11.4. The quantitative estimate of drug-likeness (QED) is 0.176. The van der Waals surface area contributed by atoms with Crippen LogP contribution in [0.2, 0.25) is 0 Å². The lowest BCUT2D eigenvalue weighted by Crippen LogP contribution is -2.09. The van der Waals surface area contributed by atoms with Crippen LogP contribution in [0.5, 0.6) is 0 Å². The van der Waals surface area contributed by atoms with Crippen molar-refractivity contribution in [3.63, 3.8) is 0 Å². The van der Waals surface area contributed by atoms with E-state index >= 15 is 0 Å². The van der Waals surface area contributed by atoms with Gasteiger partial charge in [-0.15, -0.1) is 0 Å². The molecule has 2 heteroatoms. The van der Waals surface area contributed by atoms with E-state index in [9.17, 15) is 0 Å². The monoisotopic (exact) mass is 602 g/mol. The summed E-state index contributed by atoms with van der Waals surface area (Å²) in [5, 5.41) is 2.51. The van der Waals surface area contributed by atoms with Gasteiger partial charge in [-0.2, -0.15) is 0 Å². The molecule has 0 saturated carbocycles. The maximum Gasteiger partial charge on any atom is 0.0547 e. The fraction of sp³-hybridized carbons (Fsp3) is 0.0222. The number of fused-ring (bicyclic) bond motifs is 3. The number of rotatable bonds is 7. The van der Waals surface area contributed by atoms with Crippen molar-refractivity contribution in [3.8, 4) is 27.9 Å². The predicted octanol–water partition coefficient (Wildman–Crippen LogP) is 12.6. The van der Waals surface area contributed by atoms with Crippen LogP contribution in [-0.4, -0.2) is 4.57 Å². The van der Waals surface area contributed by atoms with E-state index in [2.05, 4.69) is 204 Å². The van der Waals surface area contributed by atoms with Crippen molar-refractivity contribution < 1.29 is 0 Å². The summed E-state index contributed by atoms with van der Waals surface area (Å²) in [5.74, 6) is 0. The van der Waals surface area contributed by atoms with Crippen molar-refractivity contribution in [2.45, 2.75) is 6.92 Å². The van der Waals surface area contributed by atoms with Gasteiger partial charge < -0.3 is 9.47 Å². The first-order valence-corrected chi connectivity index (χ1v) is 16.1. The van der Waals surface area contributed by atoms with Crippen LogP contribution in [0, 0.1) is 0 Å². The number of nitrogens with zero attached hydrogens (tertiary/aromatic N) is 2. The lowest BCUT2D eigenvalue weighted by atomic mass is 9.93. The van der Waals surface area contributed by atoms with Crippen molar-refractivity contribution in [2.24, 2.45) is 0 Å². The Morgan fingerprint density at radius 1 is 0.447 bits per heavy atom. The van der Waals surface area contributed by atoms with Gasteiger partial charge in [0.05, 0.1) is 11.0 Å². The molecule has 0 unspecified atom stereocenters. The summed E-state index contributed by atoms with van der Waals surface area (Å²) in [6, 6.07) is 63.2. The molecule has 8 rings (SSSR count). The molecule has 2 nitrogen and oxygen atoms in total. The topological polar surface area (TPSA) is 8.17 Å². The van der Waals surface area contributed by atoms with Crippen molar-refractivity contribution in [2.75, 3.05) is 4.90 Å². The largest absolute Gasteiger partial charge is 0.310 e. The fourth-order valence-corrected chi connectivity index (χ4v) is 6.75. The smallest absolute Gasteiger partial charge is 0.0547 e. The van der Waals surface area contributed by atoms with E-state index in [0.717, 1.165) is 22.7 Å². The van der Waals surface area contributed by atoms with Crippen LogP contribution in [0.3, 0.4) is 0 Å². The van der Waals surface area contributed by atoms with Gasteiger partial charge in [-0.1, -0.05) is 127 Å². The maximum atomic E-state index is 2.40. The summed E-state index contributed by atoms with van der Waals surface area (Å²) in [7, 11) is 0. The molecule has 0 bridgehead atoms. The molecule has 0 aliphatic rings.